The first kappa shape index (κ1) is 19.7. The molecular weight excluding hydrogens is 407 g/mol. The molecule has 0 saturated heterocycles. The van der Waals surface area contributed by atoms with Crippen LogP contribution in [0.2, 0.25) is 0 Å². The number of phenolic OH excluding ortho intramolecular Hbond substituents is 1. The van der Waals surface area contributed by atoms with Crippen LogP contribution in [-0.2, 0) is 16.0 Å². The summed E-state index contributed by atoms with van der Waals surface area (Å²) in [6, 6.07) is 9.82. The van der Waals surface area contributed by atoms with Crippen molar-refractivity contribution >= 4 is 33.6 Å². The highest BCUT2D eigenvalue weighted by Crippen LogP contribution is 2.30. The Bertz CT molecular complexity index is 786. The number of nitrogens with one attached hydrogen (secondary N) is 2. The number of esters is 1. The topological polar surface area (TPSA) is 87.7 Å². The number of aromatic hydroxyl groups is 1. The molecule has 8 heteroatoms. The molecule has 26 heavy (non-hydrogen) atoms. The summed E-state index contributed by atoms with van der Waals surface area (Å²) in [6.07, 6.45) is 0.228. The standard InChI is InChI=1S/C18H18BrFN2O4/c1-2-26-17(24)15(8-11-6-4-3-5-7-11)22-18(25)21-14-10-12(19)9-13(20)16(14)23/h3-7,9-10,15,23H,2,8H2,1H3,(H2,21,22,25). The van der Waals surface area contributed by atoms with Gasteiger partial charge in [-0.1, -0.05) is 46.3 Å². The Kier molecular flexibility index (Phi) is 6.97. The van der Waals surface area contributed by atoms with E-state index in [1.54, 1.807) is 6.92 Å². The smallest absolute Gasteiger partial charge is 0.329 e. The molecule has 2 aromatic rings. The zero-order valence-corrected chi connectivity index (χ0v) is 15.5. The van der Waals surface area contributed by atoms with E-state index < -0.39 is 29.6 Å². The van der Waals surface area contributed by atoms with Crippen LogP contribution in [0, 0.1) is 5.82 Å². The maximum absolute atomic E-state index is 13.5. The molecule has 0 saturated carbocycles. The molecule has 3 N–H and O–H groups in total. The Morgan fingerprint density at radius 1 is 1.27 bits per heavy atom. The second-order valence-electron chi connectivity index (χ2n) is 5.38. The molecule has 0 aromatic heterocycles. The minimum Gasteiger partial charge on any atom is -0.503 e. The van der Waals surface area contributed by atoms with E-state index in [4.69, 9.17) is 4.74 Å². The van der Waals surface area contributed by atoms with Gasteiger partial charge in [0, 0.05) is 10.9 Å². The molecule has 0 aliphatic carbocycles. The SMILES string of the molecule is CCOC(=O)C(Cc1ccccc1)NC(=O)Nc1cc(Br)cc(F)c1O. The van der Waals surface area contributed by atoms with Crippen LogP contribution in [0.5, 0.6) is 5.75 Å². The number of ether oxygens (including phenoxy) is 1. The molecule has 2 aromatic carbocycles. The summed E-state index contributed by atoms with van der Waals surface area (Å²) in [4.78, 5) is 24.3. The highest BCUT2D eigenvalue weighted by atomic mass is 79.9. The van der Waals surface area contributed by atoms with Crippen molar-refractivity contribution in [2.45, 2.75) is 19.4 Å². The summed E-state index contributed by atoms with van der Waals surface area (Å²) in [7, 11) is 0. The van der Waals surface area contributed by atoms with E-state index in [0.717, 1.165) is 11.6 Å². The molecule has 6 nitrogen and oxygen atoms in total. The van der Waals surface area contributed by atoms with Crippen LogP contribution in [-0.4, -0.2) is 29.8 Å². The monoisotopic (exact) mass is 424 g/mol. The van der Waals surface area contributed by atoms with Gasteiger partial charge >= 0.3 is 12.0 Å². The number of benzene rings is 2. The molecule has 0 spiro atoms. The predicted molar refractivity (Wildman–Crippen MR) is 98.5 cm³/mol. The van der Waals surface area contributed by atoms with Crippen molar-refractivity contribution in [2.24, 2.45) is 0 Å². The van der Waals surface area contributed by atoms with Gasteiger partial charge in [0.05, 0.1) is 12.3 Å². The molecule has 0 aliphatic rings. The summed E-state index contributed by atoms with van der Waals surface area (Å²) in [5.74, 6) is -2.17. The number of halogens is 2. The number of carbonyl (C=O) groups is 2. The van der Waals surface area contributed by atoms with Crippen LogP contribution in [0.1, 0.15) is 12.5 Å². The molecule has 0 heterocycles. The third kappa shape index (κ3) is 5.45. The number of urea groups is 1. The van der Waals surface area contributed by atoms with Crippen molar-refractivity contribution in [3.05, 3.63) is 58.3 Å². The van der Waals surface area contributed by atoms with E-state index in [1.165, 1.54) is 6.07 Å². The van der Waals surface area contributed by atoms with Crippen LogP contribution in [0.15, 0.2) is 46.9 Å². The Morgan fingerprint density at radius 3 is 2.62 bits per heavy atom. The molecule has 0 bridgehead atoms. The molecule has 0 fully saturated rings. The van der Waals surface area contributed by atoms with Crippen LogP contribution >= 0.6 is 15.9 Å². The molecule has 1 unspecified atom stereocenters. The Balaban J connectivity index is 2.12. The first-order chi connectivity index (χ1) is 12.4. The van der Waals surface area contributed by atoms with E-state index in [9.17, 15) is 19.1 Å². The number of anilines is 1. The van der Waals surface area contributed by atoms with Gasteiger partial charge in [0.25, 0.3) is 0 Å². The lowest BCUT2D eigenvalue weighted by Crippen LogP contribution is -2.45. The summed E-state index contributed by atoms with van der Waals surface area (Å²) >= 11 is 3.08. The van der Waals surface area contributed by atoms with Gasteiger partial charge in [0.2, 0.25) is 0 Å². The zero-order valence-electron chi connectivity index (χ0n) is 14.0. The van der Waals surface area contributed by atoms with Gasteiger partial charge in [-0.05, 0) is 24.6 Å². The van der Waals surface area contributed by atoms with Crippen molar-refractivity contribution < 1.29 is 23.8 Å². The second-order valence-corrected chi connectivity index (χ2v) is 6.29. The van der Waals surface area contributed by atoms with Gasteiger partial charge in [-0.15, -0.1) is 0 Å². The van der Waals surface area contributed by atoms with Crippen LogP contribution in [0.3, 0.4) is 0 Å². The maximum Gasteiger partial charge on any atom is 0.329 e. The number of amides is 2. The molecule has 138 valence electrons. The number of hydrogen-bond acceptors (Lipinski definition) is 4. The molecule has 2 rings (SSSR count). The predicted octanol–water partition coefficient (Wildman–Crippen LogP) is 3.59. The van der Waals surface area contributed by atoms with Gasteiger partial charge < -0.3 is 20.5 Å². The summed E-state index contributed by atoms with van der Waals surface area (Å²) < 4.78 is 18.9. The van der Waals surface area contributed by atoms with Gasteiger partial charge in [-0.25, -0.2) is 14.0 Å². The van der Waals surface area contributed by atoms with Gasteiger partial charge in [-0.2, -0.15) is 0 Å². The van der Waals surface area contributed by atoms with Crippen molar-refractivity contribution in [3.8, 4) is 5.75 Å². The van der Waals surface area contributed by atoms with Crippen LogP contribution in [0.25, 0.3) is 0 Å². The molecular formula is C18H18BrFN2O4. The van der Waals surface area contributed by atoms with E-state index in [0.29, 0.717) is 4.47 Å². The number of phenols is 1. The van der Waals surface area contributed by atoms with Gasteiger partial charge in [-0.3, -0.25) is 0 Å². The first-order valence-corrected chi connectivity index (χ1v) is 8.66. The molecule has 1 atom stereocenters. The second kappa shape index (κ2) is 9.19. The molecule has 0 radical (unpaired) electrons. The fourth-order valence-corrected chi connectivity index (χ4v) is 2.69. The number of carbonyl (C=O) groups excluding carboxylic acids is 2. The highest BCUT2D eigenvalue weighted by molar-refractivity contribution is 9.10. The van der Waals surface area contributed by atoms with Crippen LogP contribution < -0.4 is 10.6 Å². The Morgan fingerprint density at radius 2 is 1.96 bits per heavy atom. The van der Waals surface area contributed by atoms with Gasteiger partial charge in [0.15, 0.2) is 11.6 Å². The summed E-state index contributed by atoms with van der Waals surface area (Å²) in [6.45, 7) is 1.84. The maximum atomic E-state index is 13.5. The normalized spacial score (nSPS) is 11.5. The quantitative estimate of drug-likeness (QED) is 0.488. The fraction of sp³-hybridized carbons (Fsp3) is 0.222. The fourth-order valence-electron chi connectivity index (χ4n) is 2.26. The average molecular weight is 425 g/mol. The van der Waals surface area contributed by atoms with Crippen molar-refractivity contribution in [3.63, 3.8) is 0 Å². The molecule has 2 amide bonds. The highest BCUT2D eigenvalue weighted by Gasteiger charge is 2.23. The molecule has 0 aliphatic heterocycles. The van der Waals surface area contributed by atoms with Crippen molar-refractivity contribution in [2.75, 3.05) is 11.9 Å². The van der Waals surface area contributed by atoms with E-state index in [2.05, 4.69) is 26.6 Å². The lowest BCUT2D eigenvalue weighted by molar-refractivity contribution is -0.145. The number of rotatable bonds is 6. The lowest BCUT2D eigenvalue weighted by Gasteiger charge is -2.18. The van der Waals surface area contributed by atoms with Gasteiger partial charge in [0.1, 0.15) is 6.04 Å². The van der Waals surface area contributed by atoms with Crippen molar-refractivity contribution in [1.29, 1.82) is 0 Å². The number of hydrogen-bond donors (Lipinski definition) is 3. The van der Waals surface area contributed by atoms with E-state index in [-0.39, 0.29) is 18.7 Å². The first-order valence-electron chi connectivity index (χ1n) is 7.86. The third-order valence-electron chi connectivity index (χ3n) is 3.44. The summed E-state index contributed by atoms with van der Waals surface area (Å²) in [5, 5.41) is 14.5. The Hall–Kier alpha value is -2.61. The van der Waals surface area contributed by atoms with Crippen molar-refractivity contribution in [1.82, 2.24) is 5.32 Å². The minimum absolute atomic E-state index is 0.128. The summed E-state index contributed by atoms with van der Waals surface area (Å²) in [5.41, 5.74) is 0.707. The minimum atomic E-state index is -0.934. The van der Waals surface area contributed by atoms with E-state index in [1.807, 2.05) is 30.3 Å². The third-order valence-corrected chi connectivity index (χ3v) is 3.89. The zero-order chi connectivity index (χ0) is 19.1. The average Bonchev–Trinajstić information content (AvgIpc) is 2.59. The lowest BCUT2D eigenvalue weighted by atomic mass is 10.1. The van der Waals surface area contributed by atoms with Crippen LogP contribution in [0.4, 0.5) is 14.9 Å². The van der Waals surface area contributed by atoms with E-state index >= 15 is 0 Å². The largest absolute Gasteiger partial charge is 0.503 e. The Labute approximate surface area is 158 Å².